The molecule has 0 N–H and O–H groups in total. The van der Waals surface area contributed by atoms with Gasteiger partial charge in [-0.15, -0.1) is 4.57 Å². The molecule has 8 heterocycles. The highest BCUT2D eigenvalue weighted by Gasteiger charge is 2.69. The van der Waals surface area contributed by atoms with Crippen LogP contribution in [0.25, 0.3) is 38.9 Å². The van der Waals surface area contributed by atoms with Crippen molar-refractivity contribution in [3.63, 3.8) is 0 Å². The van der Waals surface area contributed by atoms with Gasteiger partial charge in [-0.25, -0.2) is 0 Å². The highest BCUT2D eigenvalue weighted by Crippen LogP contribution is 2.65. The van der Waals surface area contributed by atoms with Gasteiger partial charge in [-0.2, -0.15) is 9.13 Å². The normalized spacial score (nSPS) is 20.4. The second-order valence-corrected chi connectivity index (χ2v) is 14.6. The van der Waals surface area contributed by atoms with E-state index < -0.39 is 5.66 Å². The van der Waals surface area contributed by atoms with Crippen LogP contribution >= 0.6 is 0 Å². The Morgan fingerprint density at radius 1 is 0.533 bits per heavy atom. The van der Waals surface area contributed by atoms with Crippen LogP contribution in [0.1, 0.15) is 61.1 Å². The van der Waals surface area contributed by atoms with Crippen molar-refractivity contribution >= 4 is 39.0 Å². The Morgan fingerprint density at radius 3 is 2.18 bits per heavy atom. The topological polar surface area (TPSA) is 15.9 Å². The molecule has 0 fully saturated rings. The minimum absolute atomic E-state index is 0.152. The summed E-state index contributed by atoms with van der Waals surface area (Å²) in [7, 11) is 0. The van der Waals surface area contributed by atoms with Crippen LogP contribution < -0.4 is 14.0 Å². The van der Waals surface area contributed by atoms with Crippen molar-refractivity contribution in [3.05, 3.63) is 143 Å². The number of hydrogen-bond acceptors (Lipinski definition) is 1. The Hall–Kier alpha value is -5.22. The van der Waals surface area contributed by atoms with Gasteiger partial charge < -0.3 is 4.90 Å². The van der Waals surface area contributed by atoms with Crippen molar-refractivity contribution in [3.8, 4) is 16.9 Å². The van der Waals surface area contributed by atoms with Crippen molar-refractivity contribution in [1.82, 2.24) is 4.57 Å². The van der Waals surface area contributed by atoms with E-state index in [0.717, 1.165) is 0 Å². The Bertz CT molecular complexity index is 2620. The van der Waals surface area contributed by atoms with Crippen molar-refractivity contribution in [2.75, 3.05) is 4.90 Å². The lowest BCUT2D eigenvalue weighted by molar-refractivity contribution is -0.954. The van der Waals surface area contributed by atoms with E-state index >= 15 is 0 Å². The van der Waals surface area contributed by atoms with E-state index in [9.17, 15) is 0 Å². The third kappa shape index (κ3) is 2.08. The lowest BCUT2D eigenvalue weighted by Crippen LogP contribution is -2.76. The molecule has 1 unspecified atom stereocenters. The van der Waals surface area contributed by atoms with E-state index in [1.165, 1.54) is 89.3 Å². The summed E-state index contributed by atoms with van der Waals surface area (Å²) in [4.78, 5) is 2.62. The first-order chi connectivity index (χ1) is 21.9. The fraction of sp³-hybridized carbons (Fsp3) is 0.171. The number of anilines is 3. The van der Waals surface area contributed by atoms with Gasteiger partial charge in [-0.05, 0) is 53.6 Å². The zero-order chi connectivity index (χ0) is 29.8. The molecule has 4 heteroatoms. The second-order valence-electron chi connectivity index (χ2n) is 14.6. The number of aromatic nitrogens is 3. The fourth-order valence-electron chi connectivity index (χ4n) is 10.3. The molecule has 4 nitrogen and oxygen atoms in total. The van der Waals surface area contributed by atoms with Gasteiger partial charge in [-0.3, -0.25) is 0 Å². The minimum atomic E-state index is -0.575. The van der Waals surface area contributed by atoms with Crippen LogP contribution in [0.3, 0.4) is 0 Å². The van der Waals surface area contributed by atoms with E-state index in [2.05, 4.69) is 156 Å². The van der Waals surface area contributed by atoms with E-state index in [1.807, 2.05) is 0 Å². The Balaban J connectivity index is 1.43. The first kappa shape index (κ1) is 23.2. The van der Waals surface area contributed by atoms with E-state index in [4.69, 9.17) is 0 Å². The second kappa shape index (κ2) is 6.72. The number of benzene rings is 4. The van der Waals surface area contributed by atoms with Gasteiger partial charge in [0.2, 0.25) is 5.69 Å². The van der Waals surface area contributed by atoms with Gasteiger partial charge >= 0.3 is 11.3 Å². The van der Waals surface area contributed by atoms with Gasteiger partial charge in [0.1, 0.15) is 16.6 Å². The Kier molecular flexibility index (Phi) is 3.46. The molecule has 1 atom stereocenters. The molecule has 212 valence electrons. The smallest absolute Gasteiger partial charge is 0.308 e. The quantitative estimate of drug-likeness (QED) is 0.167. The summed E-state index contributed by atoms with van der Waals surface area (Å²) in [5.74, 6) is 0. The number of pyridine rings is 2. The van der Waals surface area contributed by atoms with Crippen LogP contribution in [0.5, 0.6) is 0 Å². The summed E-state index contributed by atoms with van der Waals surface area (Å²) >= 11 is 0. The summed E-state index contributed by atoms with van der Waals surface area (Å²) < 4.78 is 7.84. The zero-order valence-electron chi connectivity index (χ0n) is 25.7. The molecule has 0 saturated carbocycles. The molecule has 3 aromatic heterocycles. The van der Waals surface area contributed by atoms with E-state index in [0.29, 0.717) is 0 Å². The molecular formula is C41H30N4+2. The monoisotopic (exact) mass is 578 g/mol. The van der Waals surface area contributed by atoms with Gasteiger partial charge in [0.15, 0.2) is 11.9 Å². The zero-order valence-corrected chi connectivity index (χ0v) is 25.7. The molecule has 0 saturated heterocycles. The average molecular weight is 579 g/mol. The predicted octanol–water partition coefficient (Wildman–Crippen LogP) is 8.01. The van der Waals surface area contributed by atoms with Crippen LogP contribution in [-0.4, -0.2) is 4.57 Å². The van der Waals surface area contributed by atoms with Gasteiger partial charge in [-0.1, -0.05) is 70.2 Å². The molecule has 1 spiro atoms. The SMILES string of the molecule is CC1(C)c2ccccc2N2c3ccc4c5c3C3(c6c(ccc1c62)-c1cccc[n+]13)[n+]1cccc2c3cccc(c3n-5c21)C4(C)C. The molecule has 0 aliphatic carbocycles. The van der Waals surface area contributed by atoms with E-state index in [1.54, 1.807) is 0 Å². The highest BCUT2D eigenvalue weighted by molar-refractivity contribution is 6.11. The molecule has 0 amide bonds. The lowest BCUT2D eigenvalue weighted by Gasteiger charge is -2.48. The third-order valence-corrected chi connectivity index (χ3v) is 12.1. The Labute approximate surface area is 261 Å². The van der Waals surface area contributed by atoms with E-state index in [-0.39, 0.29) is 10.8 Å². The first-order valence-electron chi connectivity index (χ1n) is 16.1. The van der Waals surface area contributed by atoms with Crippen molar-refractivity contribution in [2.24, 2.45) is 0 Å². The third-order valence-electron chi connectivity index (χ3n) is 12.1. The molecule has 45 heavy (non-hydrogen) atoms. The fourth-order valence-corrected chi connectivity index (χ4v) is 10.3. The maximum absolute atomic E-state index is 2.63. The summed E-state index contributed by atoms with van der Waals surface area (Å²) in [6.45, 7) is 9.65. The molecule has 12 rings (SSSR count). The molecule has 5 aliphatic heterocycles. The molecule has 0 bridgehead atoms. The standard InChI is InChI=1S/C41H30N4/c1-39(2)26-13-5-6-16-31(26)44-32-20-19-29-37-34(32)41(33-25(17-18-28(39)36(33)44)30-15-7-8-21-42(30)41)43-22-10-12-24-23-11-9-14-27(40(29,3)4)35(23)45(37)38(24)43/h5-22H,1-4H3/q+2. The summed E-state index contributed by atoms with van der Waals surface area (Å²) in [5.41, 5.74) is 17.9. The molecular weight excluding hydrogens is 548 g/mol. The first-order valence-corrected chi connectivity index (χ1v) is 16.1. The average Bonchev–Trinajstić information content (AvgIpc) is 3.55. The summed E-state index contributed by atoms with van der Waals surface area (Å²) in [6.07, 6.45) is 4.67. The number of hydrogen-bond donors (Lipinski definition) is 0. The van der Waals surface area contributed by atoms with Crippen molar-refractivity contribution < 1.29 is 9.13 Å². The molecule has 0 radical (unpaired) electrons. The predicted molar refractivity (Wildman–Crippen MR) is 177 cm³/mol. The van der Waals surface area contributed by atoms with Crippen LogP contribution in [0.4, 0.5) is 17.1 Å². The maximum Gasteiger partial charge on any atom is 0.371 e. The highest BCUT2D eigenvalue weighted by atomic mass is 15.4. The number of para-hydroxylation sites is 2. The summed E-state index contributed by atoms with van der Waals surface area (Å²) in [5, 5.41) is 2.65. The van der Waals surface area contributed by atoms with Crippen LogP contribution in [0.15, 0.2) is 109 Å². The summed E-state index contributed by atoms with van der Waals surface area (Å²) in [6, 6.07) is 37.1. The molecule has 7 aromatic rings. The largest absolute Gasteiger partial charge is 0.371 e. The van der Waals surface area contributed by atoms with Crippen LogP contribution in [0, 0.1) is 0 Å². The van der Waals surface area contributed by atoms with Crippen LogP contribution in [0.2, 0.25) is 0 Å². The van der Waals surface area contributed by atoms with Crippen LogP contribution in [-0.2, 0) is 16.5 Å². The van der Waals surface area contributed by atoms with Crippen molar-refractivity contribution in [2.45, 2.75) is 44.2 Å². The number of rotatable bonds is 0. The molecule has 5 aliphatic rings. The lowest BCUT2D eigenvalue weighted by atomic mass is 9.67. The number of nitrogens with zero attached hydrogens (tertiary/aromatic N) is 4. The van der Waals surface area contributed by atoms with Gasteiger partial charge in [0, 0.05) is 39.5 Å². The van der Waals surface area contributed by atoms with Crippen molar-refractivity contribution in [1.29, 1.82) is 0 Å². The minimum Gasteiger partial charge on any atom is -0.308 e. The maximum atomic E-state index is 2.63. The Morgan fingerprint density at radius 2 is 1.27 bits per heavy atom. The number of fused-ring (bicyclic) bond motifs is 6. The van der Waals surface area contributed by atoms with Gasteiger partial charge in [0.05, 0.1) is 34.2 Å². The molecule has 4 aromatic carbocycles. The van der Waals surface area contributed by atoms with Gasteiger partial charge in [0.25, 0.3) is 0 Å².